The number of amidine groups is 1. The Bertz CT molecular complexity index is 848. The van der Waals surface area contributed by atoms with Crippen LogP contribution >= 0.6 is 0 Å². The van der Waals surface area contributed by atoms with Crippen molar-refractivity contribution >= 4 is 27.5 Å². The number of rotatable bonds is 5. The van der Waals surface area contributed by atoms with E-state index in [0.717, 1.165) is 24.8 Å². The van der Waals surface area contributed by atoms with E-state index >= 15 is 0 Å². The van der Waals surface area contributed by atoms with Gasteiger partial charge in [-0.3, -0.25) is 4.79 Å². The fourth-order valence-electron chi connectivity index (χ4n) is 4.89. The van der Waals surface area contributed by atoms with E-state index in [-0.39, 0.29) is 10.8 Å². The summed E-state index contributed by atoms with van der Waals surface area (Å²) in [6, 6.07) is 6.32. The van der Waals surface area contributed by atoms with Crippen molar-refractivity contribution in [2.24, 2.45) is 22.2 Å². The van der Waals surface area contributed by atoms with Crippen LogP contribution in [0.5, 0.6) is 0 Å². The first-order valence-electron chi connectivity index (χ1n) is 9.85. The van der Waals surface area contributed by atoms with E-state index in [1.54, 1.807) is 12.1 Å². The van der Waals surface area contributed by atoms with Gasteiger partial charge in [-0.1, -0.05) is 6.42 Å². The summed E-state index contributed by atoms with van der Waals surface area (Å²) in [7, 11) is -1.86. The van der Waals surface area contributed by atoms with Gasteiger partial charge in [0.1, 0.15) is 5.84 Å². The summed E-state index contributed by atoms with van der Waals surface area (Å²) >= 11 is 0. The number of nitrogens with one attached hydrogen (secondary N) is 1. The molecule has 0 spiro atoms. The summed E-state index contributed by atoms with van der Waals surface area (Å²) in [6.45, 7) is 0.835. The molecule has 1 aromatic carbocycles. The molecule has 1 aromatic rings. The van der Waals surface area contributed by atoms with Gasteiger partial charge in [0, 0.05) is 32.1 Å². The molecule has 3 fully saturated rings. The lowest BCUT2D eigenvalue weighted by Crippen LogP contribution is -2.20. The minimum absolute atomic E-state index is 0.0241. The topological polar surface area (TPSA) is 78.8 Å². The van der Waals surface area contributed by atoms with Crippen molar-refractivity contribution in [3.8, 4) is 0 Å². The van der Waals surface area contributed by atoms with Crippen LogP contribution in [0.25, 0.3) is 0 Å². The predicted molar refractivity (Wildman–Crippen MR) is 105 cm³/mol. The Labute approximate surface area is 161 Å². The Morgan fingerprint density at radius 3 is 2.59 bits per heavy atom. The third-order valence-corrected chi connectivity index (χ3v) is 7.65. The van der Waals surface area contributed by atoms with Gasteiger partial charge in [-0.2, -0.15) is 8.42 Å². The number of hydrogen-bond acceptors (Lipinski definition) is 3. The highest BCUT2D eigenvalue weighted by atomic mass is 32.2. The molecule has 27 heavy (non-hydrogen) atoms. The minimum atomic E-state index is -3.71. The molecule has 2 saturated carbocycles. The molecule has 1 saturated heterocycles. The standard InChI is InChI=1S/C20H27N3O3S/c1-23-10-2-3-19(23)22-27(25,26)18-8-6-17(7-9-18)21-20(24)13-16-12-14-4-5-15(16)11-14/h6-9,14-16H,2-5,10-13H2,1H3,(H,21,24). The van der Waals surface area contributed by atoms with Crippen LogP contribution in [0.3, 0.4) is 0 Å². The van der Waals surface area contributed by atoms with Crippen LogP contribution < -0.4 is 5.32 Å². The highest BCUT2D eigenvalue weighted by molar-refractivity contribution is 7.90. The molecule has 7 heteroatoms. The quantitative estimate of drug-likeness (QED) is 0.838. The smallest absolute Gasteiger partial charge is 0.283 e. The van der Waals surface area contributed by atoms with Gasteiger partial charge in [0.25, 0.3) is 10.0 Å². The van der Waals surface area contributed by atoms with E-state index in [9.17, 15) is 13.2 Å². The summed E-state index contributed by atoms with van der Waals surface area (Å²) in [4.78, 5) is 14.4. The summed E-state index contributed by atoms with van der Waals surface area (Å²) in [5, 5.41) is 2.91. The highest BCUT2D eigenvalue weighted by Crippen LogP contribution is 2.49. The molecule has 3 aliphatic rings. The number of carbonyl (C=O) groups excluding carboxylic acids is 1. The first-order chi connectivity index (χ1) is 12.9. The van der Waals surface area contributed by atoms with Crippen LogP contribution in [0.2, 0.25) is 0 Å². The van der Waals surface area contributed by atoms with Gasteiger partial charge in [0.05, 0.1) is 4.90 Å². The van der Waals surface area contributed by atoms with E-state index in [4.69, 9.17) is 0 Å². The third-order valence-electron chi connectivity index (χ3n) is 6.33. The number of hydrogen-bond donors (Lipinski definition) is 1. The summed E-state index contributed by atoms with van der Waals surface area (Å²) in [5.74, 6) is 2.70. The average molecular weight is 390 g/mol. The third kappa shape index (κ3) is 4.03. The van der Waals surface area contributed by atoms with Gasteiger partial charge >= 0.3 is 0 Å². The molecule has 1 N–H and O–H groups in total. The first-order valence-corrected chi connectivity index (χ1v) is 11.3. The minimum Gasteiger partial charge on any atom is -0.362 e. The van der Waals surface area contributed by atoms with Crippen molar-refractivity contribution in [1.82, 2.24) is 4.90 Å². The zero-order valence-corrected chi connectivity index (χ0v) is 16.5. The zero-order valence-electron chi connectivity index (χ0n) is 15.7. The van der Waals surface area contributed by atoms with Crippen molar-refractivity contribution in [2.75, 3.05) is 18.9 Å². The molecule has 0 radical (unpaired) electrons. The number of nitrogens with zero attached hydrogens (tertiary/aromatic N) is 2. The predicted octanol–water partition coefficient (Wildman–Crippen LogP) is 3.26. The van der Waals surface area contributed by atoms with Gasteiger partial charge in [-0.05, 0) is 67.7 Å². The van der Waals surface area contributed by atoms with Crippen molar-refractivity contribution < 1.29 is 13.2 Å². The largest absolute Gasteiger partial charge is 0.362 e. The molecule has 146 valence electrons. The van der Waals surface area contributed by atoms with E-state index in [1.165, 1.54) is 37.8 Å². The molecule has 1 amide bonds. The molecule has 0 aromatic heterocycles. The van der Waals surface area contributed by atoms with Gasteiger partial charge in [0.15, 0.2) is 0 Å². The lowest BCUT2D eigenvalue weighted by atomic mass is 9.86. The summed E-state index contributed by atoms with van der Waals surface area (Å²) in [6.07, 6.45) is 7.27. The molecule has 2 aliphatic carbocycles. The van der Waals surface area contributed by atoms with Crippen LogP contribution in [0.1, 0.15) is 44.9 Å². The maximum absolute atomic E-state index is 12.5. The Hall–Kier alpha value is -1.89. The maximum Gasteiger partial charge on any atom is 0.283 e. The summed E-state index contributed by atoms with van der Waals surface area (Å²) in [5.41, 5.74) is 0.632. The van der Waals surface area contributed by atoms with E-state index < -0.39 is 10.0 Å². The molecule has 1 heterocycles. The Balaban J connectivity index is 1.38. The first kappa shape index (κ1) is 18.5. The normalized spacial score (nSPS) is 28.9. The molecule has 3 atom stereocenters. The Morgan fingerprint density at radius 2 is 2.00 bits per heavy atom. The fraction of sp³-hybridized carbons (Fsp3) is 0.600. The number of likely N-dealkylation sites (tertiary alicyclic amines) is 1. The number of amides is 1. The molecule has 1 aliphatic heterocycles. The van der Waals surface area contributed by atoms with Gasteiger partial charge in [-0.25, -0.2) is 0 Å². The monoisotopic (exact) mass is 389 g/mol. The fourth-order valence-corrected chi connectivity index (χ4v) is 5.98. The van der Waals surface area contributed by atoms with Crippen LogP contribution in [0.15, 0.2) is 33.6 Å². The molecule has 4 rings (SSSR count). The SMILES string of the molecule is CN1CCCC1=NS(=O)(=O)c1ccc(NC(=O)CC2CC3CCC2C3)cc1. The van der Waals surface area contributed by atoms with Gasteiger partial charge in [-0.15, -0.1) is 4.40 Å². The van der Waals surface area contributed by atoms with Crippen molar-refractivity contribution in [3.05, 3.63) is 24.3 Å². The highest BCUT2D eigenvalue weighted by Gasteiger charge is 2.40. The van der Waals surface area contributed by atoms with Crippen LogP contribution in [0.4, 0.5) is 5.69 Å². The Morgan fingerprint density at radius 1 is 1.22 bits per heavy atom. The lowest BCUT2D eigenvalue weighted by molar-refractivity contribution is -0.117. The van der Waals surface area contributed by atoms with Crippen LogP contribution in [0, 0.1) is 17.8 Å². The number of carbonyl (C=O) groups is 1. The van der Waals surface area contributed by atoms with Crippen molar-refractivity contribution in [1.29, 1.82) is 0 Å². The van der Waals surface area contributed by atoms with Crippen molar-refractivity contribution in [3.63, 3.8) is 0 Å². The summed E-state index contributed by atoms with van der Waals surface area (Å²) < 4.78 is 28.9. The second-order valence-electron chi connectivity index (χ2n) is 8.22. The molecular weight excluding hydrogens is 362 g/mol. The number of sulfonamides is 1. The molecule has 2 bridgehead atoms. The van der Waals surface area contributed by atoms with Gasteiger partial charge < -0.3 is 10.2 Å². The molecular formula is C20H27N3O3S. The number of fused-ring (bicyclic) bond motifs is 2. The zero-order chi connectivity index (χ0) is 19.0. The maximum atomic E-state index is 12.5. The lowest BCUT2D eigenvalue weighted by Gasteiger charge is -2.20. The Kier molecular flexibility index (Phi) is 4.97. The van der Waals surface area contributed by atoms with E-state index in [1.807, 2.05) is 11.9 Å². The number of benzene rings is 1. The number of anilines is 1. The van der Waals surface area contributed by atoms with Crippen molar-refractivity contribution in [2.45, 2.75) is 49.8 Å². The van der Waals surface area contributed by atoms with E-state index in [0.29, 0.717) is 30.3 Å². The second kappa shape index (κ2) is 7.26. The van der Waals surface area contributed by atoms with Gasteiger partial charge in [0.2, 0.25) is 5.91 Å². The average Bonchev–Trinajstić information content (AvgIpc) is 3.33. The van der Waals surface area contributed by atoms with Crippen LogP contribution in [-0.2, 0) is 14.8 Å². The molecule has 6 nitrogen and oxygen atoms in total. The van der Waals surface area contributed by atoms with Crippen LogP contribution in [-0.4, -0.2) is 38.7 Å². The van der Waals surface area contributed by atoms with E-state index in [2.05, 4.69) is 9.71 Å². The second-order valence-corrected chi connectivity index (χ2v) is 9.82. The molecule has 3 unspecified atom stereocenters.